The lowest BCUT2D eigenvalue weighted by Gasteiger charge is -2.07. The van der Waals surface area contributed by atoms with Crippen LogP contribution in [0.1, 0.15) is 20.7 Å². The normalized spacial score (nSPS) is 10.1. The predicted octanol–water partition coefficient (Wildman–Crippen LogP) is 3.37. The third-order valence-corrected chi connectivity index (χ3v) is 4.06. The van der Waals surface area contributed by atoms with Gasteiger partial charge in [-0.3, -0.25) is 14.9 Å². The first-order chi connectivity index (χ1) is 9.88. The van der Waals surface area contributed by atoms with Gasteiger partial charge in [-0.15, -0.1) is 0 Å². The number of nitrogens with one attached hydrogen (secondary N) is 1. The van der Waals surface area contributed by atoms with Crippen LogP contribution < -0.4 is 5.32 Å². The number of hydrogen-bond acceptors (Lipinski definition) is 5. The number of carbonyl (C=O) groups excluding carboxylic acids is 1. The topological polar surface area (TPSA) is 110 Å². The molecule has 9 heteroatoms. The van der Waals surface area contributed by atoms with Crippen LogP contribution >= 0.6 is 27.3 Å². The highest BCUT2D eigenvalue weighted by molar-refractivity contribution is 9.10. The van der Waals surface area contributed by atoms with Crippen molar-refractivity contribution in [3.8, 4) is 0 Å². The van der Waals surface area contributed by atoms with E-state index in [-0.39, 0.29) is 21.8 Å². The third kappa shape index (κ3) is 3.44. The molecule has 7 nitrogen and oxygen atoms in total. The maximum atomic E-state index is 12.0. The summed E-state index contributed by atoms with van der Waals surface area (Å²) >= 11 is 4.04. The van der Waals surface area contributed by atoms with Gasteiger partial charge in [-0.2, -0.15) is 0 Å². The molecule has 21 heavy (non-hydrogen) atoms. The van der Waals surface area contributed by atoms with Gasteiger partial charge in [0.25, 0.3) is 5.91 Å². The Morgan fingerprint density at radius 2 is 2.00 bits per heavy atom. The Balaban J connectivity index is 2.24. The lowest BCUT2D eigenvalue weighted by molar-refractivity contribution is -0.380. The van der Waals surface area contributed by atoms with E-state index in [9.17, 15) is 19.7 Å². The number of carboxylic acid groups (broad SMARTS) is 1. The summed E-state index contributed by atoms with van der Waals surface area (Å²) in [6, 6.07) is 5.34. The van der Waals surface area contributed by atoms with Gasteiger partial charge < -0.3 is 10.4 Å². The van der Waals surface area contributed by atoms with Gasteiger partial charge in [0.2, 0.25) is 0 Å². The molecule has 0 bridgehead atoms. The van der Waals surface area contributed by atoms with Crippen molar-refractivity contribution in [2.24, 2.45) is 0 Å². The Kier molecular flexibility index (Phi) is 4.34. The maximum Gasteiger partial charge on any atom is 0.335 e. The second-order valence-electron chi connectivity index (χ2n) is 3.88. The lowest BCUT2D eigenvalue weighted by atomic mass is 10.2. The summed E-state index contributed by atoms with van der Waals surface area (Å²) in [7, 11) is 0. The van der Waals surface area contributed by atoms with Crippen LogP contribution in [0, 0.1) is 10.1 Å². The fourth-order valence-electron chi connectivity index (χ4n) is 1.49. The minimum absolute atomic E-state index is 0.0183. The van der Waals surface area contributed by atoms with Crippen molar-refractivity contribution < 1.29 is 19.6 Å². The molecule has 1 amide bonds. The van der Waals surface area contributed by atoms with Gasteiger partial charge in [-0.1, -0.05) is 11.3 Å². The van der Waals surface area contributed by atoms with Crippen molar-refractivity contribution >= 4 is 49.8 Å². The molecule has 0 saturated heterocycles. The summed E-state index contributed by atoms with van der Waals surface area (Å²) in [5.41, 5.74) is 0.429. The molecule has 1 aromatic heterocycles. The molecule has 0 spiro atoms. The molecule has 0 unspecified atom stereocenters. The van der Waals surface area contributed by atoms with Crippen LogP contribution in [0.5, 0.6) is 0 Å². The van der Waals surface area contributed by atoms with Crippen molar-refractivity contribution in [2.75, 3.05) is 5.32 Å². The molecule has 1 aromatic carbocycles. The molecular weight excluding hydrogens is 364 g/mol. The first-order valence-corrected chi connectivity index (χ1v) is 7.13. The number of rotatable bonds is 4. The van der Waals surface area contributed by atoms with Crippen LogP contribution in [0.4, 0.5) is 10.7 Å². The van der Waals surface area contributed by atoms with Crippen molar-refractivity contribution in [3.05, 3.63) is 55.4 Å². The number of hydrogen-bond donors (Lipinski definition) is 2. The number of nitrogens with zero attached hydrogens (tertiary/aromatic N) is 1. The van der Waals surface area contributed by atoms with Crippen LogP contribution in [0.3, 0.4) is 0 Å². The third-order valence-electron chi connectivity index (χ3n) is 2.49. The highest BCUT2D eigenvalue weighted by Crippen LogP contribution is 2.26. The molecule has 2 N–H and O–H groups in total. The highest BCUT2D eigenvalue weighted by atomic mass is 79.9. The smallest absolute Gasteiger partial charge is 0.335 e. The van der Waals surface area contributed by atoms with E-state index in [2.05, 4.69) is 21.2 Å². The van der Waals surface area contributed by atoms with Gasteiger partial charge in [0.15, 0.2) is 0 Å². The molecule has 108 valence electrons. The number of nitro groups is 1. The largest absolute Gasteiger partial charge is 0.478 e. The van der Waals surface area contributed by atoms with E-state index in [0.29, 0.717) is 4.47 Å². The van der Waals surface area contributed by atoms with Crippen molar-refractivity contribution in [1.29, 1.82) is 0 Å². The number of halogens is 1. The Morgan fingerprint density at radius 3 is 2.57 bits per heavy atom. The summed E-state index contributed by atoms with van der Waals surface area (Å²) < 4.78 is 0.505. The number of thiophene rings is 1. The fourth-order valence-corrected chi connectivity index (χ4v) is 2.54. The molecular formula is C12H7BrN2O5S. The summed E-state index contributed by atoms with van der Waals surface area (Å²) in [5.74, 6) is -1.67. The molecule has 0 atom stereocenters. The van der Waals surface area contributed by atoms with Gasteiger partial charge in [0, 0.05) is 15.9 Å². The zero-order chi connectivity index (χ0) is 15.6. The van der Waals surface area contributed by atoms with E-state index in [4.69, 9.17) is 5.11 Å². The molecule has 0 radical (unpaired) electrons. The van der Waals surface area contributed by atoms with Crippen LogP contribution in [0.15, 0.2) is 34.1 Å². The quantitative estimate of drug-likeness (QED) is 0.633. The van der Waals surface area contributed by atoms with Gasteiger partial charge in [0.1, 0.15) is 0 Å². The molecule has 1 heterocycles. The van der Waals surface area contributed by atoms with E-state index in [1.807, 2.05) is 0 Å². The van der Waals surface area contributed by atoms with Crippen molar-refractivity contribution in [1.82, 2.24) is 0 Å². The average Bonchev–Trinajstić information content (AvgIpc) is 2.90. The van der Waals surface area contributed by atoms with E-state index in [1.165, 1.54) is 23.6 Å². The first kappa shape index (κ1) is 15.1. The second-order valence-corrected chi connectivity index (χ2v) is 5.63. The minimum Gasteiger partial charge on any atom is -0.478 e. The molecule has 0 aliphatic heterocycles. The number of carbonyl (C=O) groups is 2. The van der Waals surface area contributed by atoms with Crippen LogP contribution in [0.25, 0.3) is 0 Å². The second kappa shape index (κ2) is 6.02. The molecule has 0 aliphatic rings. The minimum atomic E-state index is -1.12. The Bertz CT molecular complexity index is 743. The SMILES string of the molecule is O=C(O)c1ccc(Br)c(NC(=O)c2csc([N+](=O)[O-])c2)c1. The lowest BCUT2D eigenvalue weighted by Crippen LogP contribution is -2.12. The highest BCUT2D eigenvalue weighted by Gasteiger charge is 2.16. The van der Waals surface area contributed by atoms with E-state index in [0.717, 1.165) is 17.4 Å². The van der Waals surface area contributed by atoms with Crippen LogP contribution in [-0.2, 0) is 0 Å². The molecule has 0 fully saturated rings. The summed E-state index contributed by atoms with van der Waals surface area (Å²) in [6.45, 7) is 0. The summed E-state index contributed by atoms with van der Waals surface area (Å²) in [5, 5.41) is 23.2. The molecule has 0 saturated carbocycles. The van der Waals surface area contributed by atoms with Gasteiger partial charge in [-0.25, -0.2) is 4.79 Å². The maximum absolute atomic E-state index is 12.0. The number of aromatic carboxylic acids is 1. The van der Waals surface area contributed by atoms with Crippen LogP contribution in [-0.4, -0.2) is 21.9 Å². The Morgan fingerprint density at radius 1 is 1.29 bits per heavy atom. The van der Waals surface area contributed by atoms with E-state index in [1.54, 1.807) is 0 Å². The van der Waals surface area contributed by atoms with Gasteiger partial charge in [0.05, 0.1) is 21.7 Å². The molecule has 2 aromatic rings. The van der Waals surface area contributed by atoms with Crippen molar-refractivity contribution in [3.63, 3.8) is 0 Å². The number of benzene rings is 1. The fraction of sp³-hybridized carbons (Fsp3) is 0. The van der Waals surface area contributed by atoms with E-state index < -0.39 is 16.8 Å². The Labute approximate surface area is 130 Å². The summed E-state index contributed by atoms with van der Waals surface area (Å²) in [4.78, 5) is 32.9. The number of anilines is 1. The zero-order valence-corrected chi connectivity index (χ0v) is 12.6. The summed E-state index contributed by atoms with van der Waals surface area (Å²) in [6.07, 6.45) is 0. The Hall–Kier alpha value is -2.26. The van der Waals surface area contributed by atoms with Crippen molar-refractivity contribution in [2.45, 2.75) is 0 Å². The number of carboxylic acids is 1. The predicted molar refractivity (Wildman–Crippen MR) is 80.0 cm³/mol. The van der Waals surface area contributed by atoms with Gasteiger partial charge >= 0.3 is 11.0 Å². The zero-order valence-electron chi connectivity index (χ0n) is 10.2. The molecule has 2 rings (SSSR count). The standard InChI is InChI=1S/C12H7BrN2O5S/c13-8-2-1-6(12(17)18)3-9(8)14-11(16)7-4-10(15(19)20)21-5-7/h1-5H,(H,14,16)(H,17,18). The number of amides is 1. The average molecular weight is 371 g/mol. The monoisotopic (exact) mass is 370 g/mol. The van der Waals surface area contributed by atoms with Crippen LogP contribution in [0.2, 0.25) is 0 Å². The first-order valence-electron chi connectivity index (χ1n) is 5.45. The van der Waals surface area contributed by atoms with Gasteiger partial charge in [-0.05, 0) is 34.1 Å². The molecule has 0 aliphatic carbocycles. The van der Waals surface area contributed by atoms with E-state index >= 15 is 0 Å².